The van der Waals surface area contributed by atoms with E-state index in [2.05, 4.69) is 5.32 Å². The molecule has 0 bridgehead atoms. The van der Waals surface area contributed by atoms with Crippen LogP contribution in [0, 0.1) is 0 Å². The number of amides is 2. The minimum atomic E-state index is -1.72. The second kappa shape index (κ2) is 6.65. The summed E-state index contributed by atoms with van der Waals surface area (Å²) in [5, 5.41) is 3.59. The molecule has 1 spiro atoms. The number of hydrogen-bond donors (Lipinski definition) is 2. The van der Waals surface area contributed by atoms with Gasteiger partial charge in [0.15, 0.2) is 5.60 Å². The van der Waals surface area contributed by atoms with Gasteiger partial charge in [0.1, 0.15) is 0 Å². The van der Waals surface area contributed by atoms with Gasteiger partial charge in [-0.3, -0.25) is 14.5 Å². The fraction of sp³-hybridized carbons (Fsp3) is 0.417. The molecule has 30 heavy (non-hydrogen) atoms. The highest BCUT2D eigenvalue weighted by Gasteiger charge is 2.68. The highest BCUT2D eigenvalue weighted by atomic mass is 16.6. The molecule has 2 aromatic carbocycles. The molecule has 0 aromatic heterocycles. The summed E-state index contributed by atoms with van der Waals surface area (Å²) < 4.78 is 6.64. The molecule has 6 heteroatoms. The monoisotopic (exact) mass is 407 g/mol. The van der Waals surface area contributed by atoms with E-state index >= 15 is 0 Å². The molecular weight excluding hydrogens is 378 g/mol. The second-order valence-electron chi connectivity index (χ2n) is 9.69. The van der Waals surface area contributed by atoms with Gasteiger partial charge >= 0.3 is 0 Å². The fourth-order valence-electron chi connectivity index (χ4n) is 5.47. The maximum Gasteiger partial charge on any atom is 0.276 e. The number of carbonyl (C=O) groups excluding carboxylic acids is 2. The van der Waals surface area contributed by atoms with Gasteiger partial charge in [0, 0.05) is 35.2 Å². The van der Waals surface area contributed by atoms with Crippen molar-refractivity contribution in [3.05, 3.63) is 66.2 Å². The predicted molar refractivity (Wildman–Crippen MR) is 116 cm³/mol. The van der Waals surface area contributed by atoms with Gasteiger partial charge in [0.2, 0.25) is 0 Å². The first-order valence-electron chi connectivity index (χ1n) is 10.3. The van der Waals surface area contributed by atoms with Crippen LogP contribution in [0.15, 0.2) is 60.7 Å². The van der Waals surface area contributed by atoms with E-state index in [1.807, 2.05) is 64.1 Å². The van der Waals surface area contributed by atoms with E-state index in [0.29, 0.717) is 24.1 Å². The van der Waals surface area contributed by atoms with Gasteiger partial charge in [-0.15, -0.1) is 0 Å². The Morgan fingerprint density at radius 2 is 1.43 bits per heavy atom. The van der Waals surface area contributed by atoms with Gasteiger partial charge in [0.05, 0.1) is 0 Å². The van der Waals surface area contributed by atoms with Crippen LogP contribution in [0.25, 0.3) is 0 Å². The number of benzene rings is 2. The van der Waals surface area contributed by atoms with Crippen molar-refractivity contribution in [3.8, 4) is 0 Å². The summed E-state index contributed by atoms with van der Waals surface area (Å²) in [7, 11) is 0. The van der Waals surface area contributed by atoms with E-state index in [-0.39, 0.29) is 17.0 Å². The average Bonchev–Trinajstić information content (AvgIpc) is 2.89. The Labute approximate surface area is 177 Å². The molecular formula is C24H29N3O3. The van der Waals surface area contributed by atoms with Crippen LogP contribution < -0.4 is 16.0 Å². The topological polar surface area (TPSA) is 84.7 Å². The van der Waals surface area contributed by atoms with Crippen LogP contribution in [-0.4, -0.2) is 28.5 Å². The number of rotatable bonds is 3. The molecule has 2 aliphatic heterocycles. The summed E-state index contributed by atoms with van der Waals surface area (Å²) in [4.78, 5) is 28.7. The molecule has 2 saturated heterocycles. The minimum absolute atomic E-state index is 0.237. The number of nitrogens with zero attached hydrogens (tertiary/aromatic N) is 1. The van der Waals surface area contributed by atoms with Gasteiger partial charge in [-0.25, -0.2) is 0 Å². The molecule has 0 radical (unpaired) electrons. The zero-order chi connectivity index (χ0) is 21.8. The lowest BCUT2D eigenvalue weighted by Crippen LogP contribution is -2.65. The third kappa shape index (κ3) is 3.11. The van der Waals surface area contributed by atoms with E-state index in [4.69, 9.17) is 10.5 Å². The maximum absolute atomic E-state index is 14.1. The van der Waals surface area contributed by atoms with E-state index in [9.17, 15) is 9.59 Å². The molecule has 2 amide bonds. The Balaban J connectivity index is 1.97. The lowest BCUT2D eigenvalue weighted by molar-refractivity contribution is -0.172. The Bertz CT molecular complexity index is 956. The van der Waals surface area contributed by atoms with E-state index in [1.54, 1.807) is 24.3 Å². The number of anilines is 1. The first-order chi connectivity index (χ1) is 14.0. The zero-order valence-corrected chi connectivity index (χ0v) is 17.9. The van der Waals surface area contributed by atoms with E-state index < -0.39 is 17.2 Å². The van der Waals surface area contributed by atoms with Crippen molar-refractivity contribution < 1.29 is 14.3 Å². The highest BCUT2D eigenvalue weighted by molar-refractivity contribution is 6.09. The maximum atomic E-state index is 14.1. The van der Waals surface area contributed by atoms with Gasteiger partial charge in [0.25, 0.3) is 17.5 Å². The summed E-state index contributed by atoms with van der Waals surface area (Å²) in [5.74, 6) is -0.948. The van der Waals surface area contributed by atoms with Crippen molar-refractivity contribution >= 4 is 17.5 Å². The first kappa shape index (κ1) is 20.6. The smallest absolute Gasteiger partial charge is 0.276 e. The van der Waals surface area contributed by atoms with Crippen molar-refractivity contribution in [1.29, 1.82) is 0 Å². The van der Waals surface area contributed by atoms with Crippen LogP contribution in [0.2, 0.25) is 0 Å². The third-order valence-corrected chi connectivity index (χ3v) is 5.90. The third-order valence-electron chi connectivity index (χ3n) is 5.90. The molecule has 2 heterocycles. The molecule has 2 aliphatic rings. The summed E-state index contributed by atoms with van der Waals surface area (Å²) in [6, 6.07) is 18.2. The number of nitrogens with one attached hydrogen (secondary N) is 1. The molecule has 158 valence electrons. The Hall–Kier alpha value is -2.70. The summed E-state index contributed by atoms with van der Waals surface area (Å²) in [6.07, 6.45) is 0.848. The lowest BCUT2D eigenvalue weighted by atomic mass is 9.72. The molecule has 3 N–H and O–H groups in total. The van der Waals surface area contributed by atoms with Crippen LogP contribution in [0.4, 0.5) is 5.69 Å². The quantitative estimate of drug-likeness (QED) is 0.819. The van der Waals surface area contributed by atoms with Gasteiger partial charge < -0.3 is 15.8 Å². The molecule has 2 aromatic rings. The van der Waals surface area contributed by atoms with Crippen LogP contribution in [-0.2, 0) is 20.1 Å². The van der Waals surface area contributed by atoms with E-state index in [1.165, 1.54) is 4.90 Å². The SMILES string of the molecule is CC1(C)CC2(CC(C)(C)N1)OC(C(N)=O)(c1ccccc1)N(c1ccccc1)C2=O. The van der Waals surface area contributed by atoms with Gasteiger partial charge in [-0.1, -0.05) is 48.5 Å². The number of ether oxygens (including phenoxy) is 1. The van der Waals surface area contributed by atoms with Crippen LogP contribution >= 0.6 is 0 Å². The van der Waals surface area contributed by atoms with Crippen molar-refractivity contribution in [2.24, 2.45) is 5.73 Å². The number of carbonyl (C=O) groups is 2. The van der Waals surface area contributed by atoms with Crippen LogP contribution in [0.3, 0.4) is 0 Å². The zero-order valence-electron chi connectivity index (χ0n) is 17.9. The molecule has 1 unspecified atom stereocenters. The largest absolute Gasteiger partial charge is 0.365 e. The number of nitrogens with two attached hydrogens (primary N) is 1. The summed E-state index contributed by atoms with van der Waals surface area (Å²) >= 11 is 0. The summed E-state index contributed by atoms with van der Waals surface area (Å²) in [5.41, 5.74) is 3.49. The van der Waals surface area contributed by atoms with Crippen molar-refractivity contribution in [1.82, 2.24) is 5.32 Å². The Morgan fingerprint density at radius 3 is 1.93 bits per heavy atom. The molecule has 2 fully saturated rings. The molecule has 0 saturated carbocycles. The normalized spacial score (nSPS) is 26.7. The standard InChI is InChI=1S/C24H29N3O3/c1-21(2)15-23(16-22(3,4)26-21)20(29)27(18-13-9-6-10-14-18)24(30-23,19(25)28)17-11-7-5-8-12-17/h5-14,26H,15-16H2,1-4H3,(H2,25,28). The van der Waals surface area contributed by atoms with Crippen molar-refractivity contribution in [2.75, 3.05) is 4.90 Å². The van der Waals surface area contributed by atoms with Crippen LogP contribution in [0.1, 0.15) is 46.1 Å². The molecule has 0 aliphatic carbocycles. The van der Waals surface area contributed by atoms with Gasteiger partial charge in [-0.2, -0.15) is 0 Å². The Morgan fingerprint density at radius 1 is 0.933 bits per heavy atom. The second-order valence-corrected chi connectivity index (χ2v) is 9.69. The number of hydrogen-bond acceptors (Lipinski definition) is 4. The minimum Gasteiger partial charge on any atom is -0.365 e. The van der Waals surface area contributed by atoms with Gasteiger partial charge in [-0.05, 0) is 39.8 Å². The fourth-order valence-corrected chi connectivity index (χ4v) is 5.47. The highest BCUT2D eigenvalue weighted by Crippen LogP contribution is 2.52. The lowest BCUT2D eigenvalue weighted by Gasteiger charge is -2.50. The first-order valence-corrected chi connectivity index (χ1v) is 10.3. The molecule has 4 rings (SSSR count). The Kier molecular flexibility index (Phi) is 4.56. The summed E-state index contributed by atoms with van der Waals surface area (Å²) in [6.45, 7) is 8.19. The number of piperidine rings is 1. The average molecular weight is 408 g/mol. The van der Waals surface area contributed by atoms with Crippen LogP contribution in [0.5, 0.6) is 0 Å². The molecule has 1 atom stereocenters. The molecule has 6 nitrogen and oxygen atoms in total. The van der Waals surface area contributed by atoms with Crippen molar-refractivity contribution in [3.63, 3.8) is 0 Å². The van der Waals surface area contributed by atoms with Crippen molar-refractivity contribution in [2.45, 2.75) is 62.9 Å². The number of para-hydroxylation sites is 1. The predicted octanol–water partition coefficient (Wildman–Crippen LogP) is 3.07. The van der Waals surface area contributed by atoms with E-state index in [0.717, 1.165) is 0 Å². The number of primary amides is 1.